The maximum Gasteiger partial charge on any atom is 0.264 e. The molecule has 1 N–H and O–H groups in total. The average Bonchev–Trinajstić information content (AvgIpc) is 2.89. The average molecular weight is 617 g/mol. The van der Waals surface area contributed by atoms with Crippen LogP contribution in [0.3, 0.4) is 0 Å². The molecule has 3 aromatic rings. The van der Waals surface area contributed by atoms with E-state index in [0.29, 0.717) is 11.4 Å². The van der Waals surface area contributed by atoms with Crippen LogP contribution in [0.25, 0.3) is 0 Å². The van der Waals surface area contributed by atoms with E-state index >= 15 is 0 Å². The largest absolute Gasteiger partial charge is 0.497 e. The SMILES string of the molecule is COc1ccc(N(CC(=O)N(Cc2cccc(Br)c2)C(C)C(=O)NC(C)C)S(=O)(=O)c2ccc(C)cc2)cc1. The number of hydrogen-bond acceptors (Lipinski definition) is 5. The van der Waals surface area contributed by atoms with Gasteiger partial charge in [0.15, 0.2) is 0 Å². The number of carbonyl (C=O) groups excluding carboxylic acids is 2. The number of benzene rings is 3. The van der Waals surface area contributed by atoms with Crippen molar-refractivity contribution in [1.29, 1.82) is 0 Å². The number of methoxy groups -OCH3 is 1. The highest BCUT2D eigenvalue weighted by molar-refractivity contribution is 9.10. The lowest BCUT2D eigenvalue weighted by Gasteiger charge is -2.32. The molecule has 0 heterocycles. The maximum atomic E-state index is 13.9. The van der Waals surface area contributed by atoms with Crippen LogP contribution in [0.2, 0.25) is 0 Å². The molecule has 0 saturated carbocycles. The molecule has 0 fully saturated rings. The molecule has 3 rings (SSSR count). The molecule has 0 aromatic heterocycles. The van der Waals surface area contributed by atoms with Crippen LogP contribution in [-0.2, 0) is 26.2 Å². The van der Waals surface area contributed by atoms with Gasteiger partial charge in [0, 0.05) is 17.1 Å². The van der Waals surface area contributed by atoms with Crippen LogP contribution in [0, 0.1) is 6.92 Å². The summed E-state index contributed by atoms with van der Waals surface area (Å²) in [7, 11) is -2.61. The van der Waals surface area contributed by atoms with Gasteiger partial charge in [-0.15, -0.1) is 0 Å². The number of nitrogens with one attached hydrogen (secondary N) is 1. The topological polar surface area (TPSA) is 96.0 Å². The van der Waals surface area contributed by atoms with Crippen molar-refractivity contribution >= 4 is 43.5 Å². The van der Waals surface area contributed by atoms with Gasteiger partial charge in [-0.3, -0.25) is 13.9 Å². The zero-order chi connectivity index (χ0) is 28.7. The molecule has 1 unspecified atom stereocenters. The van der Waals surface area contributed by atoms with Gasteiger partial charge in [-0.2, -0.15) is 0 Å². The molecule has 1 atom stereocenters. The lowest BCUT2D eigenvalue weighted by Crippen LogP contribution is -2.52. The standard InChI is InChI=1S/C29H34BrN3O5S/c1-20(2)31-29(35)22(4)32(18-23-7-6-8-24(30)17-23)28(34)19-33(25-11-13-26(38-5)14-12-25)39(36,37)27-15-9-21(3)10-16-27/h6-17,20,22H,18-19H2,1-5H3,(H,31,35). The summed E-state index contributed by atoms with van der Waals surface area (Å²) in [5, 5.41) is 2.85. The van der Waals surface area contributed by atoms with Crippen molar-refractivity contribution in [2.24, 2.45) is 0 Å². The van der Waals surface area contributed by atoms with Crippen LogP contribution in [0.1, 0.15) is 31.9 Å². The lowest BCUT2D eigenvalue weighted by molar-refractivity contribution is -0.139. The monoisotopic (exact) mass is 615 g/mol. The highest BCUT2D eigenvalue weighted by Gasteiger charge is 2.32. The van der Waals surface area contributed by atoms with Crippen molar-refractivity contribution in [3.05, 3.63) is 88.4 Å². The molecule has 10 heteroatoms. The molecule has 2 amide bonds. The molecule has 0 spiro atoms. The van der Waals surface area contributed by atoms with Crippen molar-refractivity contribution in [1.82, 2.24) is 10.2 Å². The van der Waals surface area contributed by atoms with Gasteiger partial charge in [-0.25, -0.2) is 8.42 Å². The fourth-order valence-electron chi connectivity index (χ4n) is 3.93. The Morgan fingerprint density at radius 1 is 0.974 bits per heavy atom. The van der Waals surface area contributed by atoms with Crippen LogP contribution in [0.15, 0.2) is 82.2 Å². The summed E-state index contributed by atoms with van der Waals surface area (Å²) in [6.07, 6.45) is 0. The van der Waals surface area contributed by atoms with E-state index in [1.165, 1.54) is 24.1 Å². The zero-order valence-electron chi connectivity index (χ0n) is 22.7. The normalized spacial score (nSPS) is 12.1. The highest BCUT2D eigenvalue weighted by atomic mass is 79.9. The third kappa shape index (κ3) is 7.83. The Hall–Kier alpha value is -3.37. The van der Waals surface area contributed by atoms with Gasteiger partial charge >= 0.3 is 0 Å². The number of amides is 2. The number of ether oxygens (including phenoxy) is 1. The molecule has 8 nitrogen and oxygen atoms in total. The first kappa shape index (κ1) is 30.2. The number of halogens is 1. The van der Waals surface area contributed by atoms with Crippen molar-refractivity contribution in [2.75, 3.05) is 18.0 Å². The van der Waals surface area contributed by atoms with Crippen molar-refractivity contribution in [3.8, 4) is 5.75 Å². The number of rotatable bonds is 11. The first-order chi connectivity index (χ1) is 18.4. The van der Waals surface area contributed by atoms with Crippen LogP contribution in [0.5, 0.6) is 5.75 Å². The predicted octanol–water partition coefficient (Wildman–Crippen LogP) is 4.90. The summed E-state index contributed by atoms with van der Waals surface area (Å²) >= 11 is 3.45. The molecule has 0 aliphatic rings. The molecule has 39 heavy (non-hydrogen) atoms. The van der Waals surface area contributed by atoms with Crippen LogP contribution in [-0.4, -0.2) is 50.9 Å². The first-order valence-electron chi connectivity index (χ1n) is 12.5. The lowest BCUT2D eigenvalue weighted by atomic mass is 10.1. The van der Waals surface area contributed by atoms with E-state index < -0.39 is 28.5 Å². The van der Waals surface area contributed by atoms with E-state index in [-0.39, 0.29) is 23.4 Å². The Kier molecular flexibility index (Phi) is 10.2. The van der Waals surface area contributed by atoms with Crippen molar-refractivity contribution in [2.45, 2.75) is 51.2 Å². The van der Waals surface area contributed by atoms with Gasteiger partial charge in [0.25, 0.3) is 10.0 Å². The van der Waals surface area contributed by atoms with Crippen molar-refractivity contribution < 1.29 is 22.7 Å². The van der Waals surface area contributed by atoms with Crippen LogP contribution >= 0.6 is 15.9 Å². The summed E-state index contributed by atoms with van der Waals surface area (Å²) in [4.78, 5) is 28.3. The predicted molar refractivity (Wildman–Crippen MR) is 156 cm³/mol. The summed E-state index contributed by atoms with van der Waals surface area (Å²) in [5.41, 5.74) is 2.00. The molecule has 3 aromatic carbocycles. The maximum absolute atomic E-state index is 13.9. The molecular weight excluding hydrogens is 582 g/mol. The minimum atomic E-state index is -4.13. The van der Waals surface area contributed by atoms with E-state index in [1.807, 2.05) is 45.0 Å². The molecule has 0 radical (unpaired) electrons. The summed E-state index contributed by atoms with van der Waals surface area (Å²) in [6, 6.07) is 19.3. The quantitative estimate of drug-likeness (QED) is 0.331. The third-order valence-electron chi connectivity index (χ3n) is 6.09. The summed E-state index contributed by atoms with van der Waals surface area (Å²) in [5.74, 6) is -0.299. The Balaban J connectivity index is 2.03. The fourth-order valence-corrected chi connectivity index (χ4v) is 5.80. The van der Waals surface area contributed by atoms with E-state index in [1.54, 1.807) is 43.3 Å². The molecule has 0 bridgehead atoms. The van der Waals surface area contributed by atoms with Gasteiger partial charge in [0.1, 0.15) is 18.3 Å². The summed E-state index contributed by atoms with van der Waals surface area (Å²) in [6.45, 7) is 6.79. The second kappa shape index (κ2) is 13.1. The number of hydrogen-bond donors (Lipinski definition) is 1. The fraction of sp³-hybridized carbons (Fsp3) is 0.310. The van der Waals surface area contributed by atoms with Gasteiger partial charge in [0.2, 0.25) is 11.8 Å². The van der Waals surface area contributed by atoms with E-state index in [9.17, 15) is 18.0 Å². The Bertz CT molecular complexity index is 1390. The smallest absolute Gasteiger partial charge is 0.264 e. The van der Waals surface area contributed by atoms with E-state index in [0.717, 1.165) is 19.9 Å². The number of nitrogens with zero attached hydrogens (tertiary/aromatic N) is 2. The van der Waals surface area contributed by atoms with Gasteiger partial charge in [-0.1, -0.05) is 45.8 Å². The van der Waals surface area contributed by atoms with E-state index in [4.69, 9.17) is 4.74 Å². The Labute approximate surface area is 239 Å². The second-order valence-electron chi connectivity index (χ2n) is 9.51. The number of sulfonamides is 1. The number of carbonyl (C=O) groups is 2. The first-order valence-corrected chi connectivity index (χ1v) is 14.7. The van der Waals surface area contributed by atoms with Gasteiger partial charge < -0.3 is 15.0 Å². The van der Waals surface area contributed by atoms with E-state index in [2.05, 4.69) is 21.2 Å². The van der Waals surface area contributed by atoms with Crippen molar-refractivity contribution in [3.63, 3.8) is 0 Å². The molecule has 0 saturated heterocycles. The minimum absolute atomic E-state index is 0.0563. The Morgan fingerprint density at radius 2 is 1.62 bits per heavy atom. The Morgan fingerprint density at radius 3 is 2.18 bits per heavy atom. The zero-order valence-corrected chi connectivity index (χ0v) is 25.1. The third-order valence-corrected chi connectivity index (χ3v) is 8.37. The molecular formula is C29H34BrN3O5S. The van der Waals surface area contributed by atoms with Gasteiger partial charge in [0.05, 0.1) is 17.7 Å². The summed E-state index contributed by atoms with van der Waals surface area (Å²) < 4.78 is 34.8. The second-order valence-corrected chi connectivity index (χ2v) is 12.3. The highest BCUT2D eigenvalue weighted by Crippen LogP contribution is 2.27. The number of aryl methyl sites for hydroxylation is 1. The molecule has 0 aliphatic heterocycles. The van der Waals surface area contributed by atoms with Crippen LogP contribution in [0.4, 0.5) is 5.69 Å². The van der Waals surface area contributed by atoms with Gasteiger partial charge in [-0.05, 0) is 81.8 Å². The molecule has 0 aliphatic carbocycles. The van der Waals surface area contributed by atoms with Crippen LogP contribution < -0.4 is 14.4 Å². The minimum Gasteiger partial charge on any atom is -0.497 e. The molecule has 208 valence electrons. The number of anilines is 1.